The van der Waals surface area contributed by atoms with Crippen molar-refractivity contribution in [1.82, 2.24) is 4.90 Å². The molecule has 1 saturated heterocycles. The minimum Gasteiger partial charge on any atom is -0.497 e. The minimum atomic E-state index is 0.0225. The zero-order valence-electron chi connectivity index (χ0n) is 16.3. The summed E-state index contributed by atoms with van der Waals surface area (Å²) in [6.07, 6.45) is 3.05. The molecule has 2 aromatic rings. The Bertz CT molecular complexity index is 866. The van der Waals surface area contributed by atoms with E-state index in [1.807, 2.05) is 41.3 Å². The maximum absolute atomic E-state index is 13.0. The highest BCUT2D eigenvalue weighted by molar-refractivity contribution is 5.77. The Labute approximate surface area is 165 Å². The second-order valence-electron chi connectivity index (χ2n) is 7.04. The minimum absolute atomic E-state index is 0.0225. The van der Waals surface area contributed by atoms with E-state index in [-0.39, 0.29) is 18.7 Å². The Morgan fingerprint density at radius 2 is 1.96 bits per heavy atom. The van der Waals surface area contributed by atoms with Crippen LogP contribution in [0.1, 0.15) is 36.4 Å². The van der Waals surface area contributed by atoms with Crippen molar-refractivity contribution in [3.8, 4) is 23.0 Å². The van der Waals surface area contributed by atoms with Crippen LogP contribution in [0.2, 0.25) is 0 Å². The quantitative estimate of drug-likeness (QED) is 0.761. The van der Waals surface area contributed by atoms with Crippen molar-refractivity contribution < 1.29 is 23.7 Å². The van der Waals surface area contributed by atoms with Crippen molar-refractivity contribution >= 4 is 5.91 Å². The van der Waals surface area contributed by atoms with Crippen LogP contribution in [0, 0.1) is 0 Å². The van der Waals surface area contributed by atoms with Crippen LogP contribution in [0.3, 0.4) is 0 Å². The zero-order chi connectivity index (χ0) is 19.5. The Balaban J connectivity index is 1.46. The van der Waals surface area contributed by atoms with Gasteiger partial charge in [-0.2, -0.15) is 0 Å². The second-order valence-corrected chi connectivity index (χ2v) is 7.04. The lowest BCUT2D eigenvalue weighted by atomic mass is 10.0. The average Bonchev–Trinajstić information content (AvgIpc) is 3.40. The van der Waals surface area contributed by atoms with Crippen LogP contribution in [-0.2, 0) is 11.2 Å². The summed E-state index contributed by atoms with van der Waals surface area (Å²) in [5.41, 5.74) is 2.09. The highest BCUT2D eigenvalue weighted by Crippen LogP contribution is 2.39. The van der Waals surface area contributed by atoms with E-state index in [0.29, 0.717) is 12.8 Å². The van der Waals surface area contributed by atoms with Gasteiger partial charge in [-0.3, -0.25) is 4.79 Å². The van der Waals surface area contributed by atoms with Gasteiger partial charge in [0.25, 0.3) is 0 Å². The number of hydrogen-bond acceptors (Lipinski definition) is 5. The summed E-state index contributed by atoms with van der Waals surface area (Å²) in [4.78, 5) is 15.0. The van der Waals surface area contributed by atoms with E-state index in [1.165, 1.54) is 0 Å². The van der Waals surface area contributed by atoms with Crippen LogP contribution in [0.4, 0.5) is 0 Å². The predicted octanol–water partition coefficient (Wildman–Crippen LogP) is 3.73. The molecule has 2 aliphatic rings. The molecule has 148 valence electrons. The first kappa shape index (κ1) is 18.5. The molecule has 28 heavy (non-hydrogen) atoms. The lowest BCUT2D eigenvalue weighted by Gasteiger charge is -2.27. The first-order valence-electron chi connectivity index (χ1n) is 9.59. The average molecular weight is 383 g/mol. The third-order valence-corrected chi connectivity index (χ3v) is 5.43. The zero-order valence-corrected chi connectivity index (χ0v) is 16.3. The topological polar surface area (TPSA) is 57.2 Å². The number of amides is 1. The molecule has 2 aromatic carbocycles. The van der Waals surface area contributed by atoms with Crippen molar-refractivity contribution in [2.45, 2.75) is 31.7 Å². The van der Waals surface area contributed by atoms with Gasteiger partial charge in [-0.25, -0.2) is 0 Å². The van der Waals surface area contributed by atoms with E-state index in [1.54, 1.807) is 14.2 Å². The van der Waals surface area contributed by atoms with Crippen molar-refractivity contribution in [2.24, 2.45) is 0 Å². The number of nitrogens with zero attached hydrogens (tertiary/aromatic N) is 1. The molecule has 1 fully saturated rings. The normalized spacial score (nSPS) is 17.6. The van der Waals surface area contributed by atoms with E-state index in [2.05, 4.69) is 0 Å². The number of fused-ring (bicyclic) bond motifs is 1. The van der Waals surface area contributed by atoms with Gasteiger partial charge in [-0.05, 0) is 55.2 Å². The highest BCUT2D eigenvalue weighted by Gasteiger charge is 2.32. The molecule has 1 atom stereocenters. The third kappa shape index (κ3) is 3.59. The van der Waals surface area contributed by atoms with Gasteiger partial charge in [0.05, 0.1) is 20.3 Å². The van der Waals surface area contributed by atoms with E-state index >= 15 is 0 Å². The van der Waals surface area contributed by atoms with Crippen LogP contribution >= 0.6 is 0 Å². The molecule has 0 radical (unpaired) electrons. The summed E-state index contributed by atoms with van der Waals surface area (Å²) in [6, 6.07) is 11.6. The lowest BCUT2D eigenvalue weighted by Crippen LogP contribution is -2.31. The standard InChI is InChI=1S/C22H25NO5/c1-25-16-7-9-19(26-2)17(13-16)18-4-3-11-23(18)22(24)10-6-15-5-8-20-21(12-15)28-14-27-20/h5,7-9,12-13,18H,3-4,6,10-11,14H2,1-2H3. The summed E-state index contributed by atoms with van der Waals surface area (Å²) >= 11 is 0. The van der Waals surface area contributed by atoms with Crippen LogP contribution in [0.25, 0.3) is 0 Å². The molecule has 2 aliphatic heterocycles. The molecule has 0 saturated carbocycles. The molecule has 0 bridgehead atoms. The predicted molar refractivity (Wildman–Crippen MR) is 104 cm³/mol. The van der Waals surface area contributed by atoms with Crippen LogP contribution in [0.5, 0.6) is 23.0 Å². The fraction of sp³-hybridized carbons (Fsp3) is 0.409. The summed E-state index contributed by atoms with van der Waals surface area (Å²) in [7, 11) is 3.31. The summed E-state index contributed by atoms with van der Waals surface area (Å²) < 4.78 is 21.7. The molecule has 4 rings (SSSR count). The number of carbonyl (C=O) groups excluding carboxylic acids is 1. The number of rotatable bonds is 6. The van der Waals surface area contributed by atoms with Gasteiger partial charge in [0.1, 0.15) is 11.5 Å². The molecular weight excluding hydrogens is 358 g/mol. The highest BCUT2D eigenvalue weighted by atomic mass is 16.7. The van der Waals surface area contributed by atoms with Crippen molar-refractivity contribution in [3.63, 3.8) is 0 Å². The summed E-state index contributed by atoms with van der Waals surface area (Å²) in [5.74, 6) is 3.24. The molecular formula is C22H25NO5. The van der Waals surface area contributed by atoms with E-state index in [9.17, 15) is 4.79 Å². The Morgan fingerprint density at radius 1 is 1.11 bits per heavy atom. The second kappa shape index (κ2) is 8.00. The fourth-order valence-corrected chi connectivity index (χ4v) is 3.98. The third-order valence-electron chi connectivity index (χ3n) is 5.43. The molecule has 0 N–H and O–H groups in total. The lowest BCUT2D eigenvalue weighted by molar-refractivity contribution is -0.132. The first-order chi connectivity index (χ1) is 13.7. The number of benzene rings is 2. The summed E-state index contributed by atoms with van der Waals surface area (Å²) in [6.45, 7) is 1.03. The smallest absolute Gasteiger partial charge is 0.231 e. The molecule has 2 heterocycles. The first-order valence-corrected chi connectivity index (χ1v) is 9.59. The molecule has 0 aliphatic carbocycles. The van der Waals surface area contributed by atoms with E-state index in [4.69, 9.17) is 18.9 Å². The number of hydrogen-bond donors (Lipinski definition) is 0. The van der Waals surface area contributed by atoms with Crippen molar-refractivity contribution in [3.05, 3.63) is 47.5 Å². The van der Waals surface area contributed by atoms with Crippen LogP contribution in [-0.4, -0.2) is 38.4 Å². The van der Waals surface area contributed by atoms with Gasteiger partial charge in [0, 0.05) is 18.5 Å². The number of carbonyl (C=O) groups is 1. The van der Waals surface area contributed by atoms with E-state index in [0.717, 1.165) is 53.5 Å². The number of likely N-dealkylation sites (tertiary alicyclic amines) is 1. The van der Waals surface area contributed by atoms with Crippen molar-refractivity contribution in [1.29, 1.82) is 0 Å². The summed E-state index contributed by atoms with van der Waals surface area (Å²) in [5, 5.41) is 0. The van der Waals surface area contributed by atoms with E-state index < -0.39 is 0 Å². The maximum Gasteiger partial charge on any atom is 0.231 e. The number of methoxy groups -OCH3 is 2. The van der Waals surface area contributed by atoms with Crippen LogP contribution in [0.15, 0.2) is 36.4 Å². The van der Waals surface area contributed by atoms with Gasteiger partial charge >= 0.3 is 0 Å². The fourth-order valence-electron chi connectivity index (χ4n) is 3.98. The van der Waals surface area contributed by atoms with Gasteiger partial charge in [-0.1, -0.05) is 6.07 Å². The molecule has 0 spiro atoms. The molecule has 0 aromatic heterocycles. The van der Waals surface area contributed by atoms with Gasteiger partial charge < -0.3 is 23.8 Å². The van der Waals surface area contributed by atoms with Gasteiger partial charge in [-0.15, -0.1) is 0 Å². The molecule has 1 amide bonds. The maximum atomic E-state index is 13.0. The SMILES string of the molecule is COc1ccc(OC)c(C2CCCN2C(=O)CCc2ccc3c(c2)OCO3)c1. The Morgan fingerprint density at radius 3 is 2.79 bits per heavy atom. The number of ether oxygens (including phenoxy) is 4. The largest absolute Gasteiger partial charge is 0.497 e. The monoisotopic (exact) mass is 383 g/mol. The van der Waals surface area contributed by atoms with Crippen LogP contribution < -0.4 is 18.9 Å². The van der Waals surface area contributed by atoms with Crippen molar-refractivity contribution in [2.75, 3.05) is 27.6 Å². The Hall–Kier alpha value is -2.89. The Kier molecular flexibility index (Phi) is 5.28. The molecule has 1 unspecified atom stereocenters. The number of aryl methyl sites for hydroxylation is 1. The molecule has 6 nitrogen and oxygen atoms in total. The van der Waals surface area contributed by atoms with Gasteiger partial charge in [0.2, 0.25) is 12.7 Å². The van der Waals surface area contributed by atoms with Gasteiger partial charge in [0.15, 0.2) is 11.5 Å². The molecule has 6 heteroatoms.